The Balaban J connectivity index is 2.66. The Hall–Kier alpha value is -1.26. The molecule has 0 atom stereocenters. The highest BCUT2D eigenvalue weighted by Crippen LogP contribution is 2.38. The molecule has 0 unspecified atom stereocenters. The number of rotatable bonds is 1. The summed E-state index contributed by atoms with van der Waals surface area (Å²) in [6.07, 6.45) is 0. The lowest BCUT2D eigenvalue weighted by molar-refractivity contribution is -0.539. The number of benzene rings is 1. The minimum absolute atomic E-state index is 0.0793. The second-order valence-electron chi connectivity index (χ2n) is 5.51. The van der Waals surface area contributed by atoms with Crippen molar-refractivity contribution in [2.45, 2.75) is 38.8 Å². The van der Waals surface area contributed by atoms with Gasteiger partial charge in [-0.15, -0.1) is 0 Å². The van der Waals surface area contributed by atoms with Gasteiger partial charge in [-0.05, 0) is 39.8 Å². The first kappa shape index (κ1) is 13.2. The Bertz CT molecular complexity index is 523. The van der Waals surface area contributed by atoms with Gasteiger partial charge in [0.25, 0.3) is 0 Å². The lowest BCUT2D eigenvalue weighted by Crippen LogP contribution is -2.53. The molecule has 0 spiro atoms. The largest absolute Gasteiger partial charge is 0.714 e. The van der Waals surface area contributed by atoms with Crippen LogP contribution in [0.5, 0.6) is 0 Å². The van der Waals surface area contributed by atoms with E-state index in [1.165, 1.54) is 0 Å². The summed E-state index contributed by atoms with van der Waals surface area (Å²) in [7, 11) is 0. The van der Waals surface area contributed by atoms with Crippen LogP contribution in [0, 0.1) is 5.21 Å². The van der Waals surface area contributed by atoms with Gasteiger partial charge >= 0.3 is 5.84 Å². The molecule has 0 aliphatic carbocycles. The molecule has 0 aromatic heterocycles. The molecule has 0 bridgehead atoms. The summed E-state index contributed by atoms with van der Waals surface area (Å²) in [6.45, 7) is 7.03. The second kappa shape index (κ2) is 3.87. The monoisotopic (exact) mass is 267 g/mol. The van der Waals surface area contributed by atoms with E-state index in [1.54, 1.807) is 52.0 Å². The van der Waals surface area contributed by atoms with Crippen LogP contribution < -0.4 is 0 Å². The molecule has 1 aliphatic heterocycles. The third kappa shape index (κ3) is 1.52. The first-order valence-electron chi connectivity index (χ1n) is 5.78. The van der Waals surface area contributed by atoms with E-state index in [4.69, 9.17) is 11.6 Å². The molecule has 0 saturated carbocycles. The fraction of sp³-hybridized carbons (Fsp3) is 0.462. The zero-order chi connectivity index (χ0) is 13.7. The van der Waals surface area contributed by atoms with Gasteiger partial charge in [0.2, 0.25) is 0 Å². The van der Waals surface area contributed by atoms with Crippen LogP contribution in [0.25, 0.3) is 0 Å². The summed E-state index contributed by atoms with van der Waals surface area (Å²) in [6, 6.07) is 6.88. The highest BCUT2D eigenvalue weighted by molar-refractivity contribution is 6.33. The lowest BCUT2D eigenvalue weighted by Gasteiger charge is -2.32. The molecule has 18 heavy (non-hydrogen) atoms. The van der Waals surface area contributed by atoms with E-state index < -0.39 is 11.1 Å². The van der Waals surface area contributed by atoms with E-state index in [2.05, 4.69) is 0 Å². The minimum Gasteiger partial charge on any atom is -0.714 e. The van der Waals surface area contributed by atoms with Crippen molar-refractivity contribution in [2.24, 2.45) is 0 Å². The first-order chi connectivity index (χ1) is 8.21. The quantitative estimate of drug-likeness (QED) is 0.580. The van der Waals surface area contributed by atoms with Crippen molar-refractivity contribution in [2.75, 3.05) is 0 Å². The molecule has 0 N–H and O–H groups in total. The molecule has 1 heterocycles. The van der Waals surface area contributed by atoms with E-state index in [9.17, 15) is 10.4 Å². The van der Waals surface area contributed by atoms with Crippen molar-refractivity contribution < 1.29 is 9.95 Å². The topological polar surface area (TPSA) is 49.2 Å². The Kier molecular flexibility index (Phi) is 2.83. The van der Waals surface area contributed by atoms with Gasteiger partial charge in [0.05, 0.1) is 10.6 Å². The average Bonchev–Trinajstić information content (AvgIpc) is 2.40. The van der Waals surface area contributed by atoms with E-state index in [1.807, 2.05) is 0 Å². The van der Waals surface area contributed by atoms with Crippen LogP contribution in [0.2, 0.25) is 5.02 Å². The number of amidine groups is 1. The zero-order valence-corrected chi connectivity index (χ0v) is 11.7. The third-order valence-corrected chi connectivity index (χ3v) is 4.34. The smallest absolute Gasteiger partial charge is 0.318 e. The average molecular weight is 268 g/mol. The second-order valence-corrected chi connectivity index (χ2v) is 5.92. The first-order valence-corrected chi connectivity index (χ1v) is 6.15. The van der Waals surface area contributed by atoms with Crippen LogP contribution in [0.1, 0.15) is 33.3 Å². The maximum absolute atomic E-state index is 12.4. The van der Waals surface area contributed by atoms with Gasteiger partial charge < -0.3 is 5.21 Å². The van der Waals surface area contributed by atoms with Crippen molar-refractivity contribution >= 4 is 17.4 Å². The Labute approximate surface area is 112 Å². The summed E-state index contributed by atoms with van der Waals surface area (Å²) < 4.78 is 0.765. The number of nitrogens with zero attached hydrogens (tertiary/aromatic N) is 2. The fourth-order valence-corrected chi connectivity index (χ4v) is 2.19. The van der Waals surface area contributed by atoms with Crippen LogP contribution in [0.3, 0.4) is 0 Å². The molecule has 97 valence electrons. The Morgan fingerprint density at radius 1 is 1.22 bits per heavy atom. The van der Waals surface area contributed by atoms with Gasteiger partial charge in [0.1, 0.15) is 5.54 Å². The Morgan fingerprint density at radius 3 is 2.22 bits per heavy atom. The van der Waals surface area contributed by atoms with Crippen LogP contribution in [-0.2, 0) is 5.21 Å². The maximum Gasteiger partial charge on any atom is 0.318 e. The predicted molar refractivity (Wildman–Crippen MR) is 69.9 cm³/mol. The van der Waals surface area contributed by atoms with Gasteiger partial charge in [-0.2, -0.15) is 0 Å². The van der Waals surface area contributed by atoms with E-state index >= 15 is 0 Å². The summed E-state index contributed by atoms with van der Waals surface area (Å²) in [5, 5.41) is 25.9. The maximum atomic E-state index is 12.4. The molecule has 0 fully saturated rings. The van der Waals surface area contributed by atoms with Gasteiger partial charge in [-0.3, -0.25) is 4.74 Å². The molecule has 0 amide bonds. The van der Waals surface area contributed by atoms with Crippen LogP contribution in [0.4, 0.5) is 0 Å². The van der Waals surface area contributed by atoms with Crippen LogP contribution in [0.15, 0.2) is 24.3 Å². The van der Waals surface area contributed by atoms with E-state index in [0.717, 1.165) is 9.80 Å². The Morgan fingerprint density at radius 2 is 1.78 bits per heavy atom. The molecular formula is C13H16ClN2O2. The van der Waals surface area contributed by atoms with Gasteiger partial charge in [0, 0.05) is 5.21 Å². The fourth-order valence-electron chi connectivity index (χ4n) is 1.97. The standard InChI is InChI=1S/C13H16ClN2O2/c1-12(2)13(3,4)16(18)11(15(12)17)9-7-5-6-8-10(9)14/h5-8H,1-4H3. The van der Waals surface area contributed by atoms with E-state index in [-0.39, 0.29) is 5.84 Å². The molecule has 2 rings (SSSR count). The van der Waals surface area contributed by atoms with Crippen molar-refractivity contribution in [1.82, 2.24) is 5.06 Å². The lowest BCUT2D eigenvalue weighted by atomic mass is 9.84. The molecule has 4 nitrogen and oxygen atoms in total. The number of hydroxylamine groups is 3. The van der Waals surface area contributed by atoms with Crippen LogP contribution >= 0.6 is 11.6 Å². The van der Waals surface area contributed by atoms with Crippen molar-refractivity contribution in [1.29, 1.82) is 0 Å². The number of halogens is 1. The van der Waals surface area contributed by atoms with Gasteiger partial charge in [-0.1, -0.05) is 28.8 Å². The molecule has 1 radical (unpaired) electrons. The molecule has 5 heteroatoms. The summed E-state index contributed by atoms with van der Waals surface area (Å²) in [4.78, 5) is 0. The van der Waals surface area contributed by atoms with Gasteiger partial charge in [-0.25, -0.2) is 0 Å². The SMILES string of the molecule is CC1(C)N([O])C(c2ccccc2Cl)=[N+]([O-])C1(C)C. The van der Waals surface area contributed by atoms with Crippen molar-refractivity contribution in [3.63, 3.8) is 0 Å². The van der Waals surface area contributed by atoms with Crippen molar-refractivity contribution in [3.05, 3.63) is 40.1 Å². The predicted octanol–water partition coefficient (Wildman–Crippen LogP) is 2.82. The third-order valence-electron chi connectivity index (χ3n) is 4.01. The molecular weight excluding hydrogens is 252 g/mol. The molecule has 0 saturated heterocycles. The minimum atomic E-state index is -0.816. The normalized spacial score (nSPS) is 21.6. The summed E-state index contributed by atoms with van der Waals surface area (Å²) in [5.41, 5.74) is -1.16. The van der Waals surface area contributed by atoms with Crippen molar-refractivity contribution in [3.8, 4) is 0 Å². The number of hydrogen-bond acceptors (Lipinski definition) is 2. The van der Waals surface area contributed by atoms with Crippen LogP contribution in [-0.4, -0.2) is 26.7 Å². The molecule has 1 aliphatic rings. The highest BCUT2D eigenvalue weighted by atomic mass is 35.5. The van der Waals surface area contributed by atoms with Gasteiger partial charge in [0.15, 0.2) is 5.54 Å². The molecule has 1 aromatic rings. The summed E-state index contributed by atoms with van der Waals surface area (Å²) >= 11 is 6.07. The van der Waals surface area contributed by atoms with E-state index in [0.29, 0.717) is 10.6 Å². The molecule has 1 aromatic carbocycles. The zero-order valence-electron chi connectivity index (χ0n) is 10.9. The summed E-state index contributed by atoms with van der Waals surface area (Å²) in [5.74, 6) is 0.0793. The number of hydrogen-bond donors (Lipinski definition) is 0. The highest BCUT2D eigenvalue weighted by Gasteiger charge is 2.60.